The van der Waals surface area contributed by atoms with Gasteiger partial charge in [-0.15, -0.1) is 0 Å². The maximum Gasteiger partial charge on any atom is 0.311 e. The zero-order valence-electron chi connectivity index (χ0n) is 24.1. The van der Waals surface area contributed by atoms with E-state index in [0.29, 0.717) is 18.5 Å². The number of nitrogens with zero attached hydrogens (tertiary/aromatic N) is 3. The lowest BCUT2D eigenvalue weighted by Crippen LogP contribution is -2.48. The molecule has 1 saturated carbocycles. The molecule has 3 aliphatic rings. The second-order valence-electron chi connectivity index (χ2n) is 12.8. The number of carboxylic acid groups (broad SMARTS) is 1. The summed E-state index contributed by atoms with van der Waals surface area (Å²) in [6.07, 6.45) is 6.40. The van der Waals surface area contributed by atoms with Crippen molar-refractivity contribution in [3.05, 3.63) is 64.8 Å². The number of carbonyl (C=O) groups excluding carboxylic acids is 1. The van der Waals surface area contributed by atoms with Crippen molar-refractivity contribution in [1.82, 2.24) is 14.8 Å². The highest BCUT2D eigenvalue weighted by Crippen LogP contribution is 2.57. The molecule has 1 spiro atoms. The molecule has 2 saturated heterocycles. The monoisotopic (exact) mass is 554 g/mol. The molecular formula is C33H38N4O4. The van der Waals surface area contributed by atoms with Gasteiger partial charge in [0.2, 0.25) is 0 Å². The molecular weight excluding hydrogens is 516 g/mol. The van der Waals surface area contributed by atoms with Gasteiger partial charge in [0.25, 0.3) is 5.91 Å². The molecule has 1 unspecified atom stereocenters. The van der Waals surface area contributed by atoms with E-state index >= 15 is 0 Å². The second kappa shape index (κ2) is 10.2. The molecule has 1 aromatic heterocycles. The number of likely N-dealkylation sites (tertiary alicyclic amines) is 2. The van der Waals surface area contributed by atoms with E-state index in [-0.39, 0.29) is 29.8 Å². The van der Waals surface area contributed by atoms with Crippen LogP contribution in [0.2, 0.25) is 0 Å². The number of rotatable bonds is 6. The molecule has 8 heteroatoms. The summed E-state index contributed by atoms with van der Waals surface area (Å²) in [6, 6.07) is 14.8. The van der Waals surface area contributed by atoms with Crippen LogP contribution in [0.15, 0.2) is 42.6 Å². The number of aromatic nitrogens is 1. The fourth-order valence-corrected chi connectivity index (χ4v) is 7.47. The van der Waals surface area contributed by atoms with Crippen molar-refractivity contribution in [3.63, 3.8) is 0 Å². The normalized spacial score (nSPS) is 28.0. The Kier molecular flexibility index (Phi) is 6.82. The van der Waals surface area contributed by atoms with Crippen molar-refractivity contribution < 1.29 is 19.4 Å². The summed E-state index contributed by atoms with van der Waals surface area (Å²) in [5.74, 6) is 0.0670. The smallest absolute Gasteiger partial charge is 0.311 e. The number of aryl methyl sites for hydroxylation is 1. The van der Waals surface area contributed by atoms with Crippen molar-refractivity contribution in [3.8, 4) is 11.8 Å². The summed E-state index contributed by atoms with van der Waals surface area (Å²) in [7, 11) is 1.73. The van der Waals surface area contributed by atoms with E-state index in [0.717, 1.165) is 61.2 Å². The van der Waals surface area contributed by atoms with Gasteiger partial charge in [-0.1, -0.05) is 12.1 Å². The molecule has 1 amide bonds. The van der Waals surface area contributed by atoms with Gasteiger partial charge in [-0.3, -0.25) is 14.5 Å². The summed E-state index contributed by atoms with van der Waals surface area (Å²) >= 11 is 0. The number of hydrogen-bond donors (Lipinski definition) is 2. The van der Waals surface area contributed by atoms with Gasteiger partial charge in [0, 0.05) is 59.8 Å². The van der Waals surface area contributed by atoms with E-state index in [9.17, 15) is 20.0 Å². The SMILES string of the molecule is COc1cc(C)c2[nH]ccc2c1CN1CCC2(CC(C#N)C2)C[C@H]1c1ccc(C(=O)N2CCC(C)(C(=O)O)C2)cc1. The molecule has 6 rings (SSSR count). The first-order valence-electron chi connectivity index (χ1n) is 14.6. The Labute approximate surface area is 240 Å². The number of hydrogen-bond acceptors (Lipinski definition) is 5. The maximum absolute atomic E-state index is 13.3. The van der Waals surface area contributed by atoms with Crippen molar-refractivity contribution >= 4 is 22.8 Å². The first-order chi connectivity index (χ1) is 19.6. The fourth-order valence-electron chi connectivity index (χ4n) is 7.47. The Morgan fingerprint density at radius 1 is 1.15 bits per heavy atom. The molecule has 2 aromatic carbocycles. The number of ether oxygens (including phenoxy) is 1. The fraction of sp³-hybridized carbons (Fsp3) is 0.485. The largest absolute Gasteiger partial charge is 0.496 e. The molecule has 8 nitrogen and oxygen atoms in total. The van der Waals surface area contributed by atoms with Crippen LogP contribution in [0.25, 0.3) is 10.9 Å². The number of aromatic amines is 1. The lowest BCUT2D eigenvalue weighted by Gasteiger charge is -2.53. The number of carboxylic acids is 1. The van der Waals surface area contributed by atoms with Gasteiger partial charge < -0.3 is 19.7 Å². The third kappa shape index (κ3) is 4.76. The van der Waals surface area contributed by atoms with Gasteiger partial charge in [-0.25, -0.2) is 0 Å². The first kappa shape index (κ1) is 27.3. The molecule has 3 heterocycles. The van der Waals surface area contributed by atoms with Crippen LogP contribution in [0.1, 0.15) is 72.1 Å². The van der Waals surface area contributed by atoms with Crippen LogP contribution in [0.5, 0.6) is 5.75 Å². The van der Waals surface area contributed by atoms with Crippen LogP contribution in [0, 0.1) is 35.0 Å². The number of H-pyrrole nitrogens is 1. The standard InChI is InChI=1S/C33H38N4O4/c1-21-14-28(41-3)26(25-8-11-35-29(21)25)19-36-13-10-33(15-22(16-33)18-34)17-27(36)23-4-6-24(7-5-23)30(38)37-12-9-32(2,20-37)31(39)40/h4-8,11,14,22,27,35H,9-10,12-13,15-17,19-20H2,1-3H3,(H,39,40)/t22?,27-,32?,33?/m0/s1. The minimum atomic E-state index is -0.890. The average molecular weight is 555 g/mol. The van der Waals surface area contributed by atoms with Crippen molar-refractivity contribution in [2.45, 2.75) is 58.5 Å². The van der Waals surface area contributed by atoms with Crippen molar-refractivity contribution in [2.75, 3.05) is 26.7 Å². The summed E-state index contributed by atoms with van der Waals surface area (Å²) in [5.41, 5.74) is 4.49. The third-order valence-electron chi connectivity index (χ3n) is 10.0. The van der Waals surface area contributed by atoms with Gasteiger partial charge >= 0.3 is 5.97 Å². The molecule has 2 atom stereocenters. The van der Waals surface area contributed by atoms with Crippen LogP contribution < -0.4 is 4.74 Å². The summed E-state index contributed by atoms with van der Waals surface area (Å²) in [5, 5.41) is 20.2. The number of carbonyl (C=O) groups is 2. The summed E-state index contributed by atoms with van der Waals surface area (Å²) in [4.78, 5) is 32.5. The molecule has 2 aliphatic heterocycles. The highest BCUT2D eigenvalue weighted by Gasteiger charge is 2.49. The number of amides is 1. The Hall–Kier alpha value is -3.83. The summed E-state index contributed by atoms with van der Waals surface area (Å²) in [6.45, 7) is 6.15. The predicted octanol–water partition coefficient (Wildman–Crippen LogP) is 5.68. The number of methoxy groups -OCH3 is 1. The minimum absolute atomic E-state index is 0.117. The highest BCUT2D eigenvalue weighted by atomic mass is 16.5. The van der Waals surface area contributed by atoms with Gasteiger partial charge in [0.1, 0.15) is 5.75 Å². The van der Waals surface area contributed by atoms with Crippen LogP contribution in [-0.4, -0.2) is 58.5 Å². The second-order valence-corrected chi connectivity index (χ2v) is 12.8. The Bertz CT molecular complexity index is 1530. The van der Waals surface area contributed by atoms with E-state index < -0.39 is 11.4 Å². The van der Waals surface area contributed by atoms with Gasteiger partial charge in [-0.2, -0.15) is 5.26 Å². The molecule has 2 N–H and O–H groups in total. The number of aliphatic carboxylic acids is 1. The molecule has 0 radical (unpaired) electrons. The maximum atomic E-state index is 13.3. The number of piperidine rings is 1. The lowest BCUT2D eigenvalue weighted by molar-refractivity contribution is -0.147. The van der Waals surface area contributed by atoms with Crippen LogP contribution >= 0.6 is 0 Å². The van der Waals surface area contributed by atoms with E-state index in [4.69, 9.17) is 4.74 Å². The molecule has 3 fully saturated rings. The van der Waals surface area contributed by atoms with Crippen LogP contribution in [-0.2, 0) is 11.3 Å². The number of benzene rings is 2. The van der Waals surface area contributed by atoms with E-state index in [1.807, 2.05) is 18.3 Å². The Balaban J connectivity index is 1.28. The van der Waals surface area contributed by atoms with E-state index in [2.05, 4.69) is 47.1 Å². The van der Waals surface area contributed by atoms with Crippen LogP contribution in [0.4, 0.5) is 0 Å². The van der Waals surface area contributed by atoms with Gasteiger partial charge in [-0.05, 0) is 93.3 Å². The topological polar surface area (TPSA) is 110 Å². The number of nitriles is 1. The number of fused-ring (bicyclic) bond motifs is 1. The van der Waals surface area contributed by atoms with E-state index in [1.165, 1.54) is 10.9 Å². The predicted molar refractivity (Wildman–Crippen MR) is 155 cm³/mol. The molecule has 214 valence electrons. The van der Waals surface area contributed by atoms with Gasteiger partial charge in [0.05, 0.1) is 18.6 Å². The molecule has 1 aliphatic carbocycles. The molecule has 3 aromatic rings. The average Bonchev–Trinajstić information content (AvgIpc) is 3.62. The zero-order valence-corrected chi connectivity index (χ0v) is 24.1. The lowest BCUT2D eigenvalue weighted by atomic mass is 9.56. The Morgan fingerprint density at radius 3 is 2.56 bits per heavy atom. The zero-order chi connectivity index (χ0) is 28.9. The molecule has 0 bridgehead atoms. The highest BCUT2D eigenvalue weighted by molar-refractivity contribution is 5.95. The Morgan fingerprint density at radius 2 is 1.90 bits per heavy atom. The third-order valence-corrected chi connectivity index (χ3v) is 10.0. The first-order valence-corrected chi connectivity index (χ1v) is 14.6. The quantitative estimate of drug-likeness (QED) is 0.406. The van der Waals surface area contributed by atoms with Gasteiger partial charge in [0.15, 0.2) is 0 Å². The summed E-state index contributed by atoms with van der Waals surface area (Å²) < 4.78 is 5.85. The number of nitrogens with one attached hydrogen (secondary N) is 1. The van der Waals surface area contributed by atoms with Crippen molar-refractivity contribution in [1.29, 1.82) is 5.26 Å². The minimum Gasteiger partial charge on any atom is -0.496 e. The van der Waals surface area contributed by atoms with E-state index in [1.54, 1.807) is 18.9 Å². The van der Waals surface area contributed by atoms with Crippen LogP contribution in [0.3, 0.4) is 0 Å². The molecule has 41 heavy (non-hydrogen) atoms. The van der Waals surface area contributed by atoms with Crippen molar-refractivity contribution in [2.24, 2.45) is 16.7 Å².